The Balaban J connectivity index is 1.64. The number of carbonyl (C=O) groups excluding carboxylic acids is 1. The van der Waals surface area contributed by atoms with Crippen LogP contribution in [-0.4, -0.2) is 59.2 Å². The van der Waals surface area contributed by atoms with Crippen molar-refractivity contribution in [2.75, 3.05) is 25.5 Å². The Morgan fingerprint density at radius 2 is 2.11 bits per heavy atom. The van der Waals surface area contributed by atoms with Crippen molar-refractivity contribution in [2.45, 2.75) is 25.3 Å². The number of nitrogens with zero attached hydrogens (tertiary/aromatic N) is 3. The van der Waals surface area contributed by atoms with Crippen molar-refractivity contribution in [1.82, 2.24) is 14.9 Å². The molecule has 1 aliphatic heterocycles. The second-order valence-corrected chi connectivity index (χ2v) is 8.00. The molecule has 1 saturated heterocycles. The Hall–Kier alpha value is -3.80. The smallest absolute Gasteiger partial charge is 0.257 e. The predicted molar refractivity (Wildman–Crippen MR) is 123 cm³/mol. The number of hydrogen-bond donors (Lipinski definition) is 2. The van der Waals surface area contributed by atoms with Gasteiger partial charge in [-0.3, -0.25) is 14.5 Å². The number of rotatable bonds is 9. The molecule has 0 saturated carbocycles. The summed E-state index contributed by atoms with van der Waals surface area (Å²) in [5.41, 5.74) is 0.306. The number of ether oxygens (including phenoxy) is 1. The molecule has 1 amide bonds. The van der Waals surface area contributed by atoms with Crippen molar-refractivity contribution in [1.29, 1.82) is 0 Å². The molecule has 1 aromatic carbocycles. The monoisotopic (exact) mass is 508 g/mol. The summed E-state index contributed by atoms with van der Waals surface area (Å²) in [6.45, 7) is 5.19. The average molecular weight is 508 g/mol. The Labute approximate surface area is 205 Å². The minimum absolute atomic E-state index is 0.0181. The molecule has 12 heteroatoms. The summed E-state index contributed by atoms with van der Waals surface area (Å²) in [7, 11) is 1.39. The maximum Gasteiger partial charge on any atom is 0.257 e. The highest BCUT2D eigenvalue weighted by atomic mass is 19.3. The minimum atomic E-state index is -2.97. The van der Waals surface area contributed by atoms with E-state index in [-0.39, 0.29) is 30.5 Å². The van der Waals surface area contributed by atoms with Crippen LogP contribution in [0.4, 0.5) is 23.4 Å². The molecule has 0 radical (unpaired) electrons. The molecule has 2 heterocycles. The molecule has 2 atom stereocenters. The Kier molecular flexibility index (Phi) is 8.75. The van der Waals surface area contributed by atoms with Gasteiger partial charge in [0, 0.05) is 31.7 Å². The molecule has 1 aliphatic rings. The lowest BCUT2D eigenvalue weighted by atomic mass is 9.85. The number of nitrogens with one attached hydrogen (secondary N) is 2. The van der Waals surface area contributed by atoms with Gasteiger partial charge in [0.2, 0.25) is 18.0 Å². The van der Waals surface area contributed by atoms with Gasteiger partial charge in [-0.2, -0.15) is 0 Å². The molecule has 2 N–H and O–H groups in total. The van der Waals surface area contributed by atoms with Crippen molar-refractivity contribution in [3.8, 4) is 11.6 Å². The first-order valence-corrected chi connectivity index (χ1v) is 11.0. The quantitative estimate of drug-likeness (QED) is 0.234. The number of anilines is 1. The second-order valence-electron chi connectivity index (χ2n) is 8.00. The standard InChI is InChI=1S/C24H25F4N5O3/c1-4-16(7-9-31-35-3)18-14-33(10-8-24(18,27)28)15(2)23(34)32-21-12-30-22(13-29-21)36-20-6-5-17(25)11-19(20)26/h4-7,9,11-13,15,18H,1,8,10,14H2,2-3H3,(H,29,32,34)/p+1/b16-7+,31-9+/t15-,18+/m0/s1. The first kappa shape index (κ1) is 26.8. The van der Waals surface area contributed by atoms with Crippen LogP contribution in [0.2, 0.25) is 0 Å². The highest BCUT2D eigenvalue weighted by molar-refractivity contribution is 5.93. The van der Waals surface area contributed by atoms with Gasteiger partial charge in [0.05, 0.1) is 24.4 Å². The third-order valence-corrected chi connectivity index (χ3v) is 5.67. The highest BCUT2D eigenvalue weighted by Crippen LogP contribution is 2.38. The number of alkyl halides is 2. The lowest BCUT2D eigenvalue weighted by Gasteiger charge is -2.41. The minimum Gasteiger partial charge on any atom is -0.434 e. The number of halogens is 4. The molecule has 0 unspecified atom stereocenters. The van der Waals surface area contributed by atoms with E-state index in [4.69, 9.17) is 4.74 Å². The van der Waals surface area contributed by atoms with E-state index in [2.05, 4.69) is 31.9 Å². The highest BCUT2D eigenvalue weighted by Gasteiger charge is 2.46. The zero-order valence-electron chi connectivity index (χ0n) is 19.7. The number of allylic oxidation sites excluding steroid dienone is 2. The molecular formula is C24H26F4N5O3+. The van der Waals surface area contributed by atoms with E-state index in [1.54, 1.807) is 11.8 Å². The van der Waals surface area contributed by atoms with Crippen LogP contribution in [0.1, 0.15) is 13.3 Å². The summed E-state index contributed by atoms with van der Waals surface area (Å²) >= 11 is 0. The van der Waals surface area contributed by atoms with Crippen molar-refractivity contribution in [3.63, 3.8) is 0 Å². The van der Waals surface area contributed by atoms with Crippen molar-refractivity contribution >= 4 is 17.9 Å². The molecular weight excluding hydrogens is 482 g/mol. The lowest BCUT2D eigenvalue weighted by Crippen LogP contribution is -2.66. The van der Waals surface area contributed by atoms with E-state index in [0.29, 0.717) is 11.6 Å². The lowest BCUT2D eigenvalue weighted by molar-refractivity contribution is -0.740. The van der Waals surface area contributed by atoms with Crippen LogP contribution in [-0.2, 0) is 9.63 Å². The first-order valence-electron chi connectivity index (χ1n) is 11.0. The van der Waals surface area contributed by atoms with Crippen LogP contribution in [0, 0.1) is 17.6 Å². The average Bonchev–Trinajstić information content (AvgIpc) is 2.84. The van der Waals surface area contributed by atoms with Gasteiger partial charge in [0.15, 0.2) is 17.4 Å². The molecule has 8 nitrogen and oxygen atoms in total. The van der Waals surface area contributed by atoms with Gasteiger partial charge in [-0.25, -0.2) is 27.5 Å². The SMILES string of the molecule is C=C/C(=C\C=[NH+]\OC)[C@H]1CN([C@@H](C)C(=O)Nc2cnc(Oc3ccc(F)cc3F)cn2)CCC1(F)F. The third kappa shape index (κ3) is 6.66. The van der Waals surface area contributed by atoms with E-state index in [9.17, 15) is 22.4 Å². The molecule has 1 fully saturated rings. The summed E-state index contributed by atoms with van der Waals surface area (Å²) in [5, 5.41) is 5.04. The van der Waals surface area contributed by atoms with Crippen LogP contribution in [0.15, 0.2) is 54.9 Å². The summed E-state index contributed by atoms with van der Waals surface area (Å²) in [5.74, 6) is -6.49. The maximum absolute atomic E-state index is 14.7. The predicted octanol–water partition coefficient (Wildman–Crippen LogP) is 2.66. The molecule has 192 valence electrons. The van der Waals surface area contributed by atoms with Gasteiger partial charge in [-0.1, -0.05) is 12.7 Å². The van der Waals surface area contributed by atoms with Gasteiger partial charge < -0.3 is 10.1 Å². The summed E-state index contributed by atoms with van der Waals surface area (Å²) in [6.07, 6.45) is 6.14. The zero-order chi connectivity index (χ0) is 26.3. The zero-order valence-corrected chi connectivity index (χ0v) is 19.7. The van der Waals surface area contributed by atoms with E-state index >= 15 is 0 Å². The van der Waals surface area contributed by atoms with Gasteiger partial charge in [0.1, 0.15) is 12.9 Å². The van der Waals surface area contributed by atoms with E-state index in [1.807, 2.05) is 0 Å². The third-order valence-electron chi connectivity index (χ3n) is 5.67. The number of aromatic nitrogens is 2. The number of benzene rings is 1. The van der Waals surface area contributed by atoms with Crippen molar-refractivity contribution in [3.05, 3.63) is 66.5 Å². The number of amides is 1. The van der Waals surface area contributed by atoms with Crippen LogP contribution < -0.4 is 15.2 Å². The summed E-state index contributed by atoms with van der Waals surface area (Å²) in [4.78, 5) is 27.1. The molecule has 0 spiro atoms. The summed E-state index contributed by atoms with van der Waals surface area (Å²) < 4.78 is 61.4. The normalized spacial score (nSPS) is 19.1. The fourth-order valence-corrected chi connectivity index (χ4v) is 3.65. The maximum atomic E-state index is 14.7. The molecule has 0 aliphatic carbocycles. The Morgan fingerprint density at radius 1 is 1.33 bits per heavy atom. The van der Waals surface area contributed by atoms with Crippen LogP contribution >= 0.6 is 0 Å². The first-order chi connectivity index (χ1) is 17.1. The van der Waals surface area contributed by atoms with Gasteiger partial charge in [-0.15, -0.1) is 0 Å². The summed E-state index contributed by atoms with van der Waals surface area (Å²) in [6, 6.07) is 2.06. The van der Waals surface area contributed by atoms with Crippen LogP contribution in [0.3, 0.4) is 0 Å². The number of piperidine rings is 1. The fourth-order valence-electron chi connectivity index (χ4n) is 3.65. The number of carbonyl (C=O) groups is 1. The van der Waals surface area contributed by atoms with E-state index < -0.39 is 41.8 Å². The van der Waals surface area contributed by atoms with Crippen LogP contribution in [0.5, 0.6) is 11.6 Å². The van der Waals surface area contributed by atoms with Gasteiger partial charge in [-0.05, 0) is 29.8 Å². The fraction of sp³-hybridized carbons (Fsp3) is 0.333. The Morgan fingerprint density at radius 3 is 2.75 bits per heavy atom. The number of likely N-dealkylation sites (tertiary alicyclic amines) is 1. The van der Waals surface area contributed by atoms with E-state index in [0.717, 1.165) is 18.3 Å². The molecule has 3 rings (SSSR count). The van der Waals surface area contributed by atoms with Gasteiger partial charge >= 0.3 is 0 Å². The number of hydrogen-bond acceptors (Lipinski definition) is 6. The van der Waals surface area contributed by atoms with Gasteiger partial charge in [0.25, 0.3) is 5.92 Å². The molecule has 0 bridgehead atoms. The van der Waals surface area contributed by atoms with Crippen molar-refractivity contribution in [2.24, 2.45) is 5.92 Å². The molecule has 36 heavy (non-hydrogen) atoms. The van der Waals surface area contributed by atoms with Crippen LogP contribution in [0.25, 0.3) is 0 Å². The largest absolute Gasteiger partial charge is 0.434 e. The molecule has 1 aromatic heterocycles. The van der Waals surface area contributed by atoms with Crippen molar-refractivity contribution < 1.29 is 37.1 Å². The second kappa shape index (κ2) is 11.8. The topological polar surface area (TPSA) is 90.6 Å². The molecule has 2 aromatic rings. The Bertz CT molecular complexity index is 1140. The van der Waals surface area contributed by atoms with E-state index in [1.165, 1.54) is 31.7 Å².